The molecular weight excluding hydrogens is 148 g/mol. The quantitative estimate of drug-likeness (QED) is 0.675. The molecule has 12 heavy (non-hydrogen) atoms. The first-order chi connectivity index (χ1) is 5.84. The van der Waals surface area contributed by atoms with E-state index in [1.165, 1.54) is 0 Å². The van der Waals surface area contributed by atoms with E-state index in [1.807, 2.05) is 36.4 Å². The molecule has 64 valence electrons. The Morgan fingerprint density at radius 2 is 2.00 bits per heavy atom. The standard InChI is InChI=1S/C11H14O/c1-2-3-9-11(12)10-7-5-4-6-8-10/h2,4-8,11-12H,1,3,9H2/t11-/m1/s1. The summed E-state index contributed by atoms with van der Waals surface area (Å²) in [5, 5.41) is 9.60. The third-order valence-corrected chi connectivity index (χ3v) is 1.83. The van der Waals surface area contributed by atoms with Crippen molar-refractivity contribution < 1.29 is 5.11 Å². The average molecular weight is 162 g/mol. The monoisotopic (exact) mass is 162 g/mol. The highest BCUT2D eigenvalue weighted by molar-refractivity contribution is 5.17. The Morgan fingerprint density at radius 1 is 1.33 bits per heavy atom. The first kappa shape index (κ1) is 9.01. The van der Waals surface area contributed by atoms with Crippen LogP contribution in [-0.4, -0.2) is 5.11 Å². The highest BCUT2D eigenvalue weighted by Crippen LogP contribution is 2.17. The van der Waals surface area contributed by atoms with Gasteiger partial charge < -0.3 is 5.11 Å². The summed E-state index contributed by atoms with van der Waals surface area (Å²) in [5.74, 6) is 0. The van der Waals surface area contributed by atoms with Gasteiger partial charge >= 0.3 is 0 Å². The molecule has 0 saturated heterocycles. The molecule has 0 fully saturated rings. The van der Waals surface area contributed by atoms with Crippen molar-refractivity contribution in [3.05, 3.63) is 48.6 Å². The van der Waals surface area contributed by atoms with E-state index in [2.05, 4.69) is 6.58 Å². The Labute approximate surface area is 73.4 Å². The van der Waals surface area contributed by atoms with Gasteiger partial charge in [0.05, 0.1) is 6.10 Å². The molecule has 1 heteroatoms. The molecule has 0 amide bonds. The number of hydrogen-bond donors (Lipinski definition) is 1. The molecule has 0 aliphatic heterocycles. The van der Waals surface area contributed by atoms with Crippen LogP contribution < -0.4 is 0 Å². The minimum atomic E-state index is -0.343. The lowest BCUT2D eigenvalue weighted by Crippen LogP contribution is -1.95. The zero-order valence-electron chi connectivity index (χ0n) is 7.11. The van der Waals surface area contributed by atoms with Crippen molar-refractivity contribution in [2.24, 2.45) is 0 Å². The molecule has 1 aromatic carbocycles. The van der Waals surface area contributed by atoms with Gasteiger partial charge in [0, 0.05) is 0 Å². The molecular formula is C11H14O. The normalized spacial score (nSPS) is 12.4. The van der Waals surface area contributed by atoms with Crippen LogP contribution in [-0.2, 0) is 0 Å². The van der Waals surface area contributed by atoms with Crippen molar-refractivity contribution in [2.45, 2.75) is 18.9 Å². The molecule has 0 radical (unpaired) electrons. The van der Waals surface area contributed by atoms with Gasteiger partial charge in [-0.1, -0.05) is 36.4 Å². The SMILES string of the molecule is C=CCC[C@@H](O)c1ccccc1. The van der Waals surface area contributed by atoms with Gasteiger partial charge in [-0.2, -0.15) is 0 Å². The summed E-state index contributed by atoms with van der Waals surface area (Å²) >= 11 is 0. The number of allylic oxidation sites excluding steroid dienone is 1. The molecule has 1 aromatic rings. The van der Waals surface area contributed by atoms with Crippen molar-refractivity contribution in [1.29, 1.82) is 0 Å². The summed E-state index contributed by atoms with van der Waals surface area (Å²) in [5.41, 5.74) is 0.986. The van der Waals surface area contributed by atoms with Crippen LogP contribution in [0.5, 0.6) is 0 Å². The number of aliphatic hydroxyl groups excluding tert-OH is 1. The fraction of sp³-hybridized carbons (Fsp3) is 0.273. The minimum absolute atomic E-state index is 0.343. The van der Waals surface area contributed by atoms with Crippen LogP contribution in [0.3, 0.4) is 0 Å². The summed E-state index contributed by atoms with van der Waals surface area (Å²) in [6.07, 6.45) is 3.10. The second-order valence-electron chi connectivity index (χ2n) is 2.79. The largest absolute Gasteiger partial charge is 0.388 e. The molecule has 1 atom stereocenters. The molecule has 0 heterocycles. The van der Waals surface area contributed by atoms with Crippen molar-refractivity contribution in [1.82, 2.24) is 0 Å². The zero-order chi connectivity index (χ0) is 8.81. The lowest BCUT2D eigenvalue weighted by atomic mass is 10.1. The predicted octanol–water partition coefficient (Wildman–Crippen LogP) is 2.69. The van der Waals surface area contributed by atoms with Crippen LogP contribution in [0.4, 0.5) is 0 Å². The van der Waals surface area contributed by atoms with E-state index < -0.39 is 0 Å². The molecule has 0 spiro atoms. The number of benzene rings is 1. The van der Waals surface area contributed by atoms with Gasteiger partial charge in [-0.05, 0) is 18.4 Å². The Balaban J connectivity index is 2.53. The van der Waals surface area contributed by atoms with Gasteiger partial charge in [-0.3, -0.25) is 0 Å². The number of hydrogen-bond acceptors (Lipinski definition) is 1. The van der Waals surface area contributed by atoms with Crippen molar-refractivity contribution in [3.8, 4) is 0 Å². The Kier molecular flexibility index (Phi) is 3.55. The Morgan fingerprint density at radius 3 is 2.58 bits per heavy atom. The zero-order valence-corrected chi connectivity index (χ0v) is 7.11. The molecule has 0 unspecified atom stereocenters. The summed E-state index contributed by atoms with van der Waals surface area (Å²) in [4.78, 5) is 0. The van der Waals surface area contributed by atoms with Gasteiger partial charge in [0.25, 0.3) is 0 Å². The van der Waals surface area contributed by atoms with Crippen molar-refractivity contribution >= 4 is 0 Å². The summed E-state index contributed by atoms with van der Waals surface area (Å²) < 4.78 is 0. The van der Waals surface area contributed by atoms with E-state index in [1.54, 1.807) is 0 Å². The Bertz CT molecular complexity index is 228. The van der Waals surface area contributed by atoms with E-state index in [0.29, 0.717) is 0 Å². The number of aliphatic hydroxyl groups is 1. The highest BCUT2D eigenvalue weighted by atomic mass is 16.3. The van der Waals surface area contributed by atoms with Gasteiger partial charge in [-0.25, -0.2) is 0 Å². The van der Waals surface area contributed by atoms with E-state index >= 15 is 0 Å². The molecule has 0 aliphatic carbocycles. The van der Waals surface area contributed by atoms with Gasteiger partial charge in [-0.15, -0.1) is 6.58 Å². The summed E-state index contributed by atoms with van der Waals surface area (Å²) in [7, 11) is 0. The first-order valence-corrected chi connectivity index (χ1v) is 4.18. The predicted molar refractivity (Wildman–Crippen MR) is 50.8 cm³/mol. The molecule has 1 N–H and O–H groups in total. The van der Waals surface area contributed by atoms with E-state index in [9.17, 15) is 5.11 Å². The van der Waals surface area contributed by atoms with Gasteiger partial charge in [0.15, 0.2) is 0 Å². The van der Waals surface area contributed by atoms with Crippen LogP contribution in [0.2, 0.25) is 0 Å². The summed E-state index contributed by atoms with van der Waals surface area (Å²) in [6.45, 7) is 3.62. The topological polar surface area (TPSA) is 20.2 Å². The molecule has 0 bridgehead atoms. The second-order valence-corrected chi connectivity index (χ2v) is 2.79. The lowest BCUT2D eigenvalue weighted by Gasteiger charge is -2.08. The van der Waals surface area contributed by atoms with Crippen molar-refractivity contribution in [2.75, 3.05) is 0 Å². The number of rotatable bonds is 4. The molecule has 1 nitrogen and oxygen atoms in total. The van der Waals surface area contributed by atoms with E-state index in [-0.39, 0.29) is 6.10 Å². The second kappa shape index (κ2) is 4.73. The smallest absolute Gasteiger partial charge is 0.0793 e. The lowest BCUT2D eigenvalue weighted by molar-refractivity contribution is 0.169. The third-order valence-electron chi connectivity index (χ3n) is 1.83. The van der Waals surface area contributed by atoms with Crippen molar-refractivity contribution in [3.63, 3.8) is 0 Å². The molecule has 0 aromatic heterocycles. The fourth-order valence-electron chi connectivity index (χ4n) is 1.12. The minimum Gasteiger partial charge on any atom is -0.388 e. The summed E-state index contributed by atoms with van der Waals surface area (Å²) in [6, 6.07) is 9.70. The molecule has 1 rings (SSSR count). The molecule has 0 saturated carbocycles. The van der Waals surface area contributed by atoms with E-state index in [0.717, 1.165) is 18.4 Å². The molecule has 0 aliphatic rings. The highest BCUT2D eigenvalue weighted by Gasteiger charge is 2.03. The van der Waals surface area contributed by atoms with Crippen LogP contribution in [0.25, 0.3) is 0 Å². The van der Waals surface area contributed by atoms with Crippen LogP contribution in [0, 0.1) is 0 Å². The average Bonchev–Trinajstić information content (AvgIpc) is 2.15. The Hall–Kier alpha value is -1.08. The van der Waals surface area contributed by atoms with Gasteiger partial charge in [0.2, 0.25) is 0 Å². The maximum absolute atomic E-state index is 9.60. The first-order valence-electron chi connectivity index (χ1n) is 4.18. The van der Waals surface area contributed by atoms with Crippen LogP contribution in [0.15, 0.2) is 43.0 Å². The van der Waals surface area contributed by atoms with Gasteiger partial charge in [0.1, 0.15) is 0 Å². The fourth-order valence-corrected chi connectivity index (χ4v) is 1.12. The van der Waals surface area contributed by atoms with Crippen LogP contribution in [0.1, 0.15) is 24.5 Å². The van der Waals surface area contributed by atoms with E-state index in [4.69, 9.17) is 0 Å². The maximum Gasteiger partial charge on any atom is 0.0793 e. The van der Waals surface area contributed by atoms with Crippen LogP contribution >= 0.6 is 0 Å². The third kappa shape index (κ3) is 2.51. The maximum atomic E-state index is 9.60.